The Labute approximate surface area is 174 Å². The zero-order valence-electron chi connectivity index (χ0n) is 16.7. The summed E-state index contributed by atoms with van der Waals surface area (Å²) in [6.07, 6.45) is 1.47. The van der Waals surface area contributed by atoms with Crippen molar-refractivity contribution in [1.29, 1.82) is 0 Å². The predicted octanol–water partition coefficient (Wildman–Crippen LogP) is 4.04. The fraction of sp³-hybridized carbons (Fsp3) is 0.217. The highest BCUT2D eigenvalue weighted by atomic mass is 16.5. The molecule has 0 bridgehead atoms. The van der Waals surface area contributed by atoms with Crippen molar-refractivity contribution in [2.75, 3.05) is 13.2 Å². The molecule has 0 aliphatic carbocycles. The van der Waals surface area contributed by atoms with E-state index in [0.29, 0.717) is 25.5 Å². The fourth-order valence-electron chi connectivity index (χ4n) is 3.26. The SMILES string of the molecule is CCOc1ccccc1OCCn1c(CNC(=O)c2ccco2)nc2ccccc21. The molecule has 4 aromatic rings. The van der Waals surface area contributed by atoms with Gasteiger partial charge in [-0.15, -0.1) is 0 Å². The first-order valence-corrected chi connectivity index (χ1v) is 9.86. The van der Waals surface area contributed by atoms with Crippen LogP contribution in [0.1, 0.15) is 23.3 Å². The highest BCUT2D eigenvalue weighted by Crippen LogP contribution is 2.26. The summed E-state index contributed by atoms with van der Waals surface area (Å²) in [4.78, 5) is 16.9. The topological polar surface area (TPSA) is 78.5 Å². The largest absolute Gasteiger partial charge is 0.490 e. The van der Waals surface area contributed by atoms with Gasteiger partial charge in [0.2, 0.25) is 0 Å². The summed E-state index contributed by atoms with van der Waals surface area (Å²) < 4.78 is 18.8. The molecule has 0 fully saturated rings. The van der Waals surface area contributed by atoms with Gasteiger partial charge in [-0.2, -0.15) is 0 Å². The highest BCUT2D eigenvalue weighted by Gasteiger charge is 2.14. The van der Waals surface area contributed by atoms with Crippen molar-refractivity contribution in [1.82, 2.24) is 14.9 Å². The van der Waals surface area contributed by atoms with Crippen LogP contribution < -0.4 is 14.8 Å². The van der Waals surface area contributed by atoms with E-state index in [9.17, 15) is 4.79 Å². The number of ether oxygens (including phenoxy) is 2. The summed E-state index contributed by atoms with van der Waals surface area (Å²) in [7, 11) is 0. The van der Waals surface area contributed by atoms with Crippen molar-refractivity contribution in [2.45, 2.75) is 20.0 Å². The maximum atomic E-state index is 12.2. The van der Waals surface area contributed by atoms with Gasteiger partial charge in [-0.3, -0.25) is 4.79 Å². The quantitative estimate of drug-likeness (QED) is 0.455. The minimum Gasteiger partial charge on any atom is -0.490 e. The molecule has 0 saturated carbocycles. The Bertz CT molecular complexity index is 1120. The summed E-state index contributed by atoms with van der Waals surface area (Å²) in [5, 5.41) is 2.86. The van der Waals surface area contributed by atoms with Crippen LogP contribution in [-0.2, 0) is 13.1 Å². The van der Waals surface area contributed by atoms with Gasteiger partial charge in [0.25, 0.3) is 5.91 Å². The molecule has 7 heteroatoms. The number of aromatic nitrogens is 2. The van der Waals surface area contributed by atoms with E-state index < -0.39 is 0 Å². The number of fused-ring (bicyclic) bond motifs is 1. The Morgan fingerprint density at radius 3 is 2.57 bits per heavy atom. The summed E-state index contributed by atoms with van der Waals surface area (Å²) in [5.74, 6) is 2.17. The molecular weight excluding hydrogens is 382 g/mol. The van der Waals surface area contributed by atoms with Gasteiger partial charge >= 0.3 is 0 Å². The molecule has 0 aliphatic rings. The summed E-state index contributed by atoms with van der Waals surface area (Å²) in [5.41, 5.74) is 1.86. The number of rotatable bonds is 9. The van der Waals surface area contributed by atoms with Crippen LogP contribution >= 0.6 is 0 Å². The van der Waals surface area contributed by atoms with Gasteiger partial charge in [0, 0.05) is 0 Å². The van der Waals surface area contributed by atoms with Crippen LogP contribution in [0, 0.1) is 0 Å². The summed E-state index contributed by atoms with van der Waals surface area (Å²) in [6.45, 7) is 3.81. The number of furan rings is 1. The molecule has 154 valence electrons. The molecule has 2 aromatic carbocycles. The van der Waals surface area contributed by atoms with Crippen LogP contribution in [0.4, 0.5) is 0 Å². The average molecular weight is 405 g/mol. The lowest BCUT2D eigenvalue weighted by molar-refractivity contribution is 0.0921. The number of amides is 1. The molecule has 0 radical (unpaired) electrons. The second kappa shape index (κ2) is 9.17. The van der Waals surface area contributed by atoms with Crippen LogP contribution in [0.5, 0.6) is 11.5 Å². The van der Waals surface area contributed by atoms with Crippen LogP contribution in [0.25, 0.3) is 11.0 Å². The molecule has 0 atom stereocenters. The van der Waals surface area contributed by atoms with Gasteiger partial charge in [-0.05, 0) is 43.3 Å². The first kappa shape index (κ1) is 19.6. The Balaban J connectivity index is 1.48. The molecule has 2 aromatic heterocycles. The first-order valence-electron chi connectivity index (χ1n) is 9.86. The molecule has 0 saturated heterocycles. The summed E-state index contributed by atoms with van der Waals surface area (Å²) >= 11 is 0. The van der Waals surface area contributed by atoms with Crippen LogP contribution in [0.15, 0.2) is 71.3 Å². The van der Waals surface area contributed by atoms with Crippen molar-refractivity contribution < 1.29 is 18.7 Å². The van der Waals surface area contributed by atoms with Gasteiger partial charge in [-0.1, -0.05) is 24.3 Å². The number of hydrogen-bond acceptors (Lipinski definition) is 5. The molecule has 4 rings (SSSR count). The maximum absolute atomic E-state index is 12.2. The van der Waals surface area contributed by atoms with E-state index in [1.807, 2.05) is 55.5 Å². The third kappa shape index (κ3) is 4.30. The molecule has 2 heterocycles. The van der Waals surface area contributed by atoms with Crippen LogP contribution in [-0.4, -0.2) is 28.7 Å². The summed E-state index contributed by atoms with van der Waals surface area (Å²) in [6, 6.07) is 18.8. The smallest absolute Gasteiger partial charge is 0.287 e. The number of imidazole rings is 1. The molecule has 1 amide bonds. The maximum Gasteiger partial charge on any atom is 0.287 e. The van der Waals surface area contributed by atoms with E-state index in [0.717, 1.165) is 22.6 Å². The Morgan fingerprint density at radius 2 is 1.80 bits per heavy atom. The number of para-hydroxylation sites is 4. The molecule has 30 heavy (non-hydrogen) atoms. The number of carbonyl (C=O) groups excluding carboxylic acids is 1. The monoisotopic (exact) mass is 405 g/mol. The van der Waals surface area contributed by atoms with Gasteiger partial charge in [-0.25, -0.2) is 4.98 Å². The van der Waals surface area contributed by atoms with Crippen molar-refractivity contribution in [3.8, 4) is 11.5 Å². The lowest BCUT2D eigenvalue weighted by Gasteiger charge is -2.13. The number of nitrogens with one attached hydrogen (secondary N) is 1. The number of carbonyl (C=O) groups is 1. The molecule has 1 N–H and O–H groups in total. The van der Waals surface area contributed by atoms with Crippen molar-refractivity contribution in [2.24, 2.45) is 0 Å². The number of nitrogens with zero attached hydrogens (tertiary/aromatic N) is 2. The Morgan fingerprint density at radius 1 is 1.03 bits per heavy atom. The van der Waals surface area contributed by atoms with Crippen molar-refractivity contribution >= 4 is 16.9 Å². The van der Waals surface area contributed by atoms with Gasteiger partial charge < -0.3 is 23.8 Å². The van der Waals surface area contributed by atoms with E-state index in [1.54, 1.807) is 12.1 Å². The minimum absolute atomic E-state index is 0.272. The van der Waals surface area contributed by atoms with Crippen molar-refractivity contribution in [3.63, 3.8) is 0 Å². The Kier molecular flexibility index (Phi) is 5.98. The zero-order valence-corrected chi connectivity index (χ0v) is 16.7. The van der Waals surface area contributed by atoms with E-state index >= 15 is 0 Å². The second-order valence-corrected chi connectivity index (χ2v) is 6.56. The number of hydrogen-bond donors (Lipinski definition) is 1. The lowest BCUT2D eigenvalue weighted by Crippen LogP contribution is -2.25. The Hall–Kier alpha value is -3.74. The van der Waals surface area contributed by atoms with Crippen LogP contribution in [0.2, 0.25) is 0 Å². The third-order valence-corrected chi connectivity index (χ3v) is 4.61. The fourth-order valence-corrected chi connectivity index (χ4v) is 3.26. The van der Waals surface area contributed by atoms with Gasteiger partial charge in [0.15, 0.2) is 17.3 Å². The van der Waals surface area contributed by atoms with E-state index in [2.05, 4.69) is 14.9 Å². The second-order valence-electron chi connectivity index (χ2n) is 6.56. The normalized spacial score (nSPS) is 10.8. The van der Waals surface area contributed by atoms with E-state index in [4.69, 9.17) is 13.9 Å². The standard InChI is InChI=1S/C23H23N3O4/c1-2-28-19-10-5-6-11-20(19)30-15-13-26-18-9-4-3-8-17(18)25-22(26)16-24-23(27)21-12-7-14-29-21/h3-12,14H,2,13,15-16H2,1H3,(H,24,27). The van der Waals surface area contributed by atoms with E-state index in [-0.39, 0.29) is 18.2 Å². The van der Waals surface area contributed by atoms with Gasteiger partial charge in [0.05, 0.1) is 37.0 Å². The van der Waals surface area contributed by atoms with E-state index in [1.165, 1.54) is 6.26 Å². The first-order chi connectivity index (χ1) is 14.8. The lowest BCUT2D eigenvalue weighted by atomic mass is 10.3. The molecule has 0 aliphatic heterocycles. The number of benzene rings is 2. The minimum atomic E-state index is -0.277. The third-order valence-electron chi connectivity index (χ3n) is 4.61. The molecule has 0 unspecified atom stereocenters. The zero-order chi connectivity index (χ0) is 20.8. The van der Waals surface area contributed by atoms with Gasteiger partial charge in [0.1, 0.15) is 12.4 Å². The van der Waals surface area contributed by atoms with Crippen LogP contribution in [0.3, 0.4) is 0 Å². The highest BCUT2D eigenvalue weighted by molar-refractivity contribution is 5.91. The molecule has 0 spiro atoms. The van der Waals surface area contributed by atoms with Crippen molar-refractivity contribution in [3.05, 3.63) is 78.5 Å². The molecular formula is C23H23N3O4. The molecule has 7 nitrogen and oxygen atoms in total. The average Bonchev–Trinajstić information content (AvgIpc) is 3.42. The predicted molar refractivity (Wildman–Crippen MR) is 113 cm³/mol.